The number of hydrogen-bond donors (Lipinski definition) is 0. The summed E-state index contributed by atoms with van der Waals surface area (Å²) in [7, 11) is 0. The molecular weight excluding hydrogens is 266 g/mol. The topological polar surface area (TPSA) is 46.1 Å². The molecule has 104 valence electrons. The van der Waals surface area contributed by atoms with Gasteiger partial charge in [-0.25, -0.2) is 14.4 Å². The summed E-state index contributed by atoms with van der Waals surface area (Å²) >= 11 is 0. The van der Waals surface area contributed by atoms with Gasteiger partial charge in [0.2, 0.25) is 0 Å². The van der Waals surface area contributed by atoms with Gasteiger partial charge in [0.15, 0.2) is 11.5 Å². The number of amides is 1. The monoisotopic (exact) mass is 277 g/mol. The number of likely N-dealkylation sites (tertiary alicyclic amines) is 1. The predicted octanol–water partition coefficient (Wildman–Crippen LogP) is 1.68. The molecule has 1 aliphatic rings. The summed E-state index contributed by atoms with van der Waals surface area (Å²) in [4.78, 5) is 19.0. The maximum Gasteiger partial charge on any atom is 0.471 e. The van der Waals surface area contributed by atoms with Crippen LogP contribution in [0.25, 0.3) is 0 Å². The quantitative estimate of drug-likeness (QED) is 0.773. The van der Waals surface area contributed by atoms with Crippen LogP contribution in [0.4, 0.5) is 17.6 Å². The lowest BCUT2D eigenvalue weighted by atomic mass is 9.83. The van der Waals surface area contributed by atoms with Crippen LogP contribution in [0.2, 0.25) is 0 Å². The highest BCUT2D eigenvalue weighted by atomic mass is 19.4. The summed E-state index contributed by atoms with van der Waals surface area (Å²) in [6, 6.07) is 1.51. The third-order valence-corrected chi connectivity index (χ3v) is 3.18. The van der Waals surface area contributed by atoms with E-state index < -0.39 is 23.7 Å². The molecule has 1 amide bonds. The lowest BCUT2D eigenvalue weighted by molar-refractivity contribution is -0.195. The largest absolute Gasteiger partial charge is 0.471 e. The highest BCUT2D eigenvalue weighted by Crippen LogP contribution is 2.38. The first-order valence-corrected chi connectivity index (χ1v) is 5.55. The van der Waals surface area contributed by atoms with Gasteiger partial charge in [-0.05, 0) is 13.0 Å². The van der Waals surface area contributed by atoms with E-state index >= 15 is 0 Å². The van der Waals surface area contributed by atoms with Crippen LogP contribution in [0.5, 0.6) is 0 Å². The molecule has 1 aromatic rings. The van der Waals surface area contributed by atoms with Crippen molar-refractivity contribution in [3.05, 3.63) is 24.3 Å². The van der Waals surface area contributed by atoms with Crippen molar-refractivity contribution >= 4 is 5.91 Å². The maximum absolute atomic E-state index is 14.5. The summed E-state index contributed by atoms with van der Waals surface area (Å²) in [5, 5.41) is 0. The van der Waals surface area contributed by atoms with Gasteiger partial charge in [-0.2, -0.15) is 13.2 Å². The Morgan fingerprint density at radius 2 is 1.79 bits per heavy atom. The van der Waals surface area contributed by atoms with Crippen LogP contribution in [0.3, 0.4) is 0 Å². The minimum Gasteiger partial charge on any atom is -0.334 e. The minimum atomic E-state index is -4.92. The van der Waals surface area contributed by atoms with Crippen molar-refractivity contribution in [2.75, 3.05) is 13.1 Å². The lowest BCUT2D eigenvalue weighted by Gasteiger charge is -2.44. The van der Waals surface area contributed by atoms with Crippen molar-refractivity contribution in [1.29, 1.82) is 0 Å². The molecule has 1 fully saturated rings. The van der Waals surface area contributed by atoms with Gasteiger partial charge in [0.25, 0.3) is 0 Å². The van der Waals surface area contributed by atoms with E-state index in [1.807, 2.05) is 0 Å². The fourth-order valence-corrected chi connectivity index (χ4v) is 1.90. The van der Waals surface area contributed by atoms with Gasteiger partial charge >= 0.3 is 12.1 Å². The molecule has 0 N–H and O–H groups in total. The van der Waals surface area contributed by atoms with Gasteiger partial charge in [-0.3, -0.25) is 4.79 Å². The normalized spacial score (nSPS) is 19.7. The summed E-state index contributed by atoms with van der Waals surface area (Å²) < 4.78 is 50.9. The third-order valence-electron chi connectivity index (χ3n) is 3.18. The number of nitrogens with zero attached hydrogens (tertiary/aromatic N) is 3. The molecule has 2 heterocycles. The summed E-state index contributed by atoms with van der Waals surface area (Å²) in [6.45, 7) is 0.635. The molecule has 0 saturated carbocycles. The summed E-state index contributed by atoms with van der Waals surface area (Å²) in [6.07, 6.45) is -2.20. The average Bonchev–Trinajstić information content (AvgIpc) is 2.26. The van der Waals surface area contributed by atoms with Gasteiger partial charge in [0.1, 0.15) is 0 Å². The van der Waals surface area contributed by atoms with Crippen molar-refractivity contribution in [3.8, 4) is 0 Å². The number of aromatic nitrogens is 2. The van der Waals surface area contributed by atoms with E-state index in [2.05, 4.69) is 9.97 Å². The Balaban J connectivity index is 2.03. The maximum atomic E-state index is 14.5. The number of alkyl halides is 4. The standard InChI is InChI=1S/C11H11F4N3O/c1-10(12,8-16-3-2-4-17-8)7-5-18(6-7)9(19)11(13,14)15/h2-4,7H,5-6H2,1H3. The Kier molecular flexibility index (Phi) is 3.19. The Labute approximate surface area is 106 Å². The fraction of sp³-hybridized carbons (Fsp3) is 0.545. The van der Waals surface area contributed by atoms with E-state index in [1.165, 1.54) is 25.4 Å². The molecule has 1 atom stereocenters. The molecule has 4 nitrogen and oxygen atoms in total. The number of carbonyl (C=O) groups is 1. The smallest absolute Gasteiger partial charge is 0.334 e. The highest BCUT2D eigenvalue weighted by Gasteiger charge is 2.52. The van der Waals surface area contributed by atoms with Crippen LogP contribution >= 0.6 is 0 Å². The molecule has 1 aromatic heterocycles. The third kappa shape index (κ3) is 2.52. The Morgan fingerprint density at radius 3 is 2.26 bits per heavy atom. The molecular formula is C11H11F4N3O. The van der Waals surface area contributed by atoms with Crippen LogP contribution in [0.15, 0.2) is 18.5 Å². The van der Waals surface area contributed by atoms with Crippen molar-refractivity contribution in [3.63, 3.8) is 0 Å². The molecule has 0 spiro atoms. The molecule has 0 bridgehead atoms. The van der Waals surface area contributed by atoms with E-state index in [0.29, 0.717) is 4.90 Å². The first kappa shape index (κ1) is 13.7. The number of rotatable bonds is 2. The molecule has 1 saturated heterocycles. The van der Waals surface area contributed by atoms with E-state index in [4.69, 9.17) is 0 Å². The number of halogens is 4. The molecule has 8 heteroatoms. The lowest BCUT2D eigenvalue weighted by Crippen LogP contribution is -2.59. The van der Waals surface area contributed by atoms with Crippen LogP contribution in [0, 0.1) is 5.92 Å². The second kappa shape index (κ2) is 4.43. The zero-order valence-corrected chi connectivity index (χ0v) is 9.99. The first-order valence-electron chi connectivity index (χ1n) is 5.55. The molecule has 1 unspecified atom stereocenters. The van der Waals surface area contributed by atoms with Crippen LogP contribution in [0.1, 0.15) is 12.7 Å². The van der Waals surface area contributed by atoms with Crippen molar-refractivity contribution in [1.82, 2.24) is 14.9 Å². The van der Waals surface area contributed by atoms with Crippen LogP contribution in [-0.4, -0.2) is 40.0 Å². The van der Waals surface area contributed by atoms with Gasteiger partial charge in [-0.1, -0.05) is 0 Å². The van der Waals surface area contributed by atoms with Gasteiger partial charge < -0.3 is 4.90 Å². The van der Waals surface area contributed by atoms with Crippen LogP contribution in [-0.2, 0) is 10.5 Å². The highest BCUT2D eigenvalue weighted by molar-refractivity contribution is 5.82. The van der Waals surface area contributed by atoms with Crippen LogP contribution < -0.4 is 0 Å². The SMILES string of the molecule is CC(F)(c1ncccn1)C1CN(C(=O)C(F)(F)F)C1. The molecule has 0 aliphatic carbocycles. The zero-order valence-electron chi connectivity index (χ0n) is 9.99. The van der Waals surface area contributed by atoms with E-state index in [9.17, 15) is 22.4 Å². The molecule has 0 aromatic carbocycles. The van der Waals surface area contributed by atoms with Crippen molar-refractivity contribution in [2.45, 2.75) is 18.8 Å². The molecule has 2 rings (SSSR count). The van der Waals surface area contributed by atoms with Crippen molar-refractivity contribution < 1.29 is 22.4 Å². The van der Waals surface area contributed by atoms with Gasteiger partial charge in [0, 0.05) is 31.4 Å². The summed E-state index contributed by atoms with van der Waals surface area (Å²) in [5.41, 5.74) is -1.95. The van der Waals surface area contributed by atoms with E-state index in [1.54, 1.807) is 0 Å². The van der Waals surface area contributed by atoms with Gasteiger partial charge in [-0.15, -0.1) is 0 Å². The molecule has 19 heavy (non-hydrogen) atoms. The predicted molar refractivity (Wildman–Crippen MR) is 56.6 cm³/mol. The number of carbonyl (C=O) groups excluding carboxylic acids is 1. The second-order valence-electron chi connectivity index (χ2n) is 4.55. The summed E-state index contributed by atoms with van der Waals surface area (Å²) in [5.74, 6) is -2.76. The van der Waals surface area contributed by atoms with E-state index in [0.717, 1.165) is 0 Å². The Bertz CT molecular complexity index is 469. The van der Waals surface area contributed by atoms with Crippen molar-refractivity contribution in [2.24, 2.45) is 5.92 Å². The average molecular weight is 277 g/mol. The Morgan fingerprint density at radius 1 is 1.26 bits per heavy atom. The van der Waals surface area contributed by atoms with Gasteiger partial charge in [0.05, 0.1) is 0 Å². The second-order valence-corrected chi connectivity index (χ2v) is 4.55. The fourth-order valence-electron chi connectivity index (χ4n) is 1.90. The molecule has 1 aliphatic heterocycles. The minimum absolute atomic E-state index is 0.0842. The zero-order chi connectivity index (χ0) is 14.3. The Hall–Kier alpha value is -1.73. The first-order chi connectivity index (χ1) is 8.73. The number of hydrogen-bond acceptors (Lipinski definition) is 3. The van der Waals surface area contributed by atoms with E-state index in [-0.39, 0.29) is 18.9 Å². The molecule has 0 radical (unpaired) electrons.